The van der Waals surface area contributed by atoms with Crippen molar-refractivity contribution in [2.75, 3.05) is 12.3 Å². The van der Waals surface area contributed by atoms with Gasteiger partial charge in [-0.1, -0.05) is 19.3 Å². The molecule has 118 valence electrons. The summed E-state index contributed by atoms with van der Waals surface area (Å²) in [5.74, 6) is -2.49. The molecule has 0 amide bonds. The van der Waals surface area contributed by atoms with E-state index in [4.69, 9.17) is 5.73 Å². The minimum Gasteiger partial charge on any atom is -0.399 e. The first-order valence-corrected chi connectivity index (χ1v) is 8.17. The lowest BCUT2D eigenvalue weighted by Gasteiger charge is -2.36. The molecular formula is C13H18F2N2O3S. The minimum atomic E-state index is -4.42. The second kappa shape index (κ2) is 5.86. The van der Waals surface area contributed by atoms with E-state index in [2.05, 4.69) is 4.72 Å². The summed E-state index contributed by atoms with van der Waals surface area (Å²) in [5, 5.41) is 9.50. The smallest absolute Gasteiger partial charge is 0.247 e. The van der Waals surface area contributed by atoms with Crippen molar-refractivity contribution in [1.82, 2.24) is 4.72 Å². The molecule has 0 heterocycles. The van der Waals surface area contributed by atoms with Crippen LogP contribution in [0.25, 0.3) is 0 Å². The van der Waals surface area contributed by atoms with E-state index in [1.807, 2.05) is 0 Å². The summed E-state index contributed by atoms with van der Waals surface area (Å²) in [4.78, 5) is -1.06. The van der Waals surface area contributed by atoms with Crippen LogP contribution in [0.5, 0.6) is 0 Å². The van der Waals surface area contributed by atoms with Gasteiger partial charge in [0.1, 0.15) is 11.6 Å². The lowest BCUT2D eigenvalue weighted by molar-refractivity contribution is 0.142. The van der Waals surface area contributed by atoms with Gasteiger partial charge in [0, 0.05) is 5.69 Å². The minimum absolute atomic E-state index is 0.196. The molecule has 8 heteroatoms. The first-order valence-electron chi connectivity index (χ1n) is 6.69. The fourth-order valence-corrected chi connectivity index (χ4v) is 4.27. The molecule has 1 saturated carbocycles. The molecule has 0 bridgehead atoms. The molecule has 1 aromatic rings. The third kappa shape index (κ3) is 3.33. The molecule has 5 nitrogen and oxygen atoms in total. The van der Waals surface area contributed by atoms with E-state index in [0.29, 0.717) is 12.8 Å². The van der Waals surface area contributed by atoms with Gasteiger partial charge in [-0.05, 0) is 25.0 Å². The molecule has 0 aromatic heterocycles. The quantitative estimate of drug-likeness (QED) is 0.733. The van der Waals surface area contributed by atoms with Gasteiger partial charge in [0.25, 0.3) is 0 Å². The topological polar surface area (TPSA) is 92.4 Å². The summed E-state index contributed by atoms with van der Waals surface area (Å²) in [6.45, 7) is -0.412. The van der Waals surface area contributed by atoms with Gasteiger partial charge in [0.05, 0.1) is 12.1 Å². The maximum absolute atomic E-state index is 13.8. The monoisotopic (exact) mass is 320 g/mol. The fourth-order valence-electron chi connectivity index (χ4n) is 2.69. The molecule has 1 aromatic carbocycles. The zero-order valence-corrected chi connectivity index (χ0v) is 12.2. The van der Waals surface area contributed by atoms with Crippen molar-refractivity contribution >= 4 is 15.7 Å². The van der Waals surface area contributed by atoms with E-state index < -0.39 is 38.7 Å². The van der Waals surface area contributed by atoms with E-state index >= 15 is 0 Å². The number of aliphatic hydroxyl groups excluding tert-OH is 1. The number of nitrogens with two attached hydrogens (primary N) is 1. The summed E-state index contributed by atoms with van der Waals surface area (Å²) in [5.41, 5.74) is 4.02. The molecule has 21 heavy (non-hydrogen) atoms. The van der Waals surface area contributed by atoms with E-state index in [0.717, 1.165) is 31.4 Å². The fraction of sp³-hybridized carbons (Fsp3) is 0.538. The van der Waals surface area contributed by atoms with E-state index in [-0.39, 0.29) is 5.69 Å². The molecule has 0 saturated heterocycles. The van der Waals surface area contributed by atoms with Crippen LogP contribution in [0.2, 0.25) is 0 Å². The molecule has 1 fully saturated rings. The van der Waals surface area contributed by atoms with Crippen molar-refractivity contribution in [2.24, 2.45) is 0 Å². The Morgan fingerprint density at radius 2 is 1.71 bits per heavy atom. The Kier molecular flexibility index (Phi) is 4.50. The highest BCUT2D eigenvalue weighted by Gasteiger charge is 2.38. The molecule has 2 rings (SSSR count). The molecule has 0 spiro atoms. The summed E-state index contributed by atoms with van der Waals surface area (Å²) in [7, 11) is -4.42. The molecule has 1 aliphatic rings. The maximum Gasteiger partial charge on any atom is 0.247 e. The molecule has 4 N–H and O–H groups in total. The Hall–Kier alpha value is -1.25. The third-order valence-corrected chi connectivity index (χ3v) is 5.38. The molecule has 0 unspecified atom stereocenters. The molecule has 0 aliphatic heterocycles. The van der Waals surface area contributed by atoms with Crippen molar-refractivity contribution in [2.45, 2.75) is 42.5 Å². The van der Waals surface area contributed by atoms with Crippen molar-refractivity contribution in [3.63, 3.8) is 0 Å². The van der Waals surface area contributed by atoms with E-state index in [1.54, 1.807) is 0 Å². The average molecular weight is 320 g/mol. The second-order valence-electron chi connectivity index (χ2n) is 5.42. The van der Waals surface area contributed by atoms with Crippen LogP contribution >= 0.6 is 0 Å². The van der Waals surface area contributed by atoms with Gasteiger partial charge < -0.3 is 10.8 Å². The third-order valence-electron chi connectivity index (χ3n) is 3.75. The van der Waals surface area contributed by atoms with Gasteiger partial charge >= 0.3 is 0 Å². The Balaban J connectivity index is 2.38. The van der Waals surface area contributed by atoms with Crippen molar-refractivity contribution in [3.8, 4) is 0 Å². The number of nitrogen functional groups attached to an aromatic ring is 1. The Morgan fingerprint density at radius 3 is 2.19 bits per heavy atom. The summed E-state index contributed by atoms with van der Waals surface area (Å²) in [6.07, 6.45) is 3.29. The number of anilines is 1. The van der Waals surface area contributed by atoms with Crippen LogP contribution in [0.15, 0.2) is 17.0 Å². The average Bonchev–Trinajstić information content (AvgIpc) is 2.37. The van der Waals surface area contributed by atoms with Crippen molar-refractivity contribution < 1.29 is 22.3 Å². The Morgan fingerprint density at radius 1 is 1.19 bits per heavy atom. The van der Waals surface area contributed by atoms with Crippen LogP contribution in [-0.2, 0) is 10.0 Å². The molecule has 0 radical (unpaired) electrons. The lowest BCUT2D eigenvalue weighted by atomic mass is 9.83. The number of aliphatic hydroxyl groups is 1. The van der Waals surface area contributed by atoms with Crippen molar-refractivity contribution in [1.29, 1.82) is 0 Å². The van der Waals surface area contributed by atoms with Crippen molar-refractivity contribution in [3.05, 3.63) is 23.8 Å². The number of sulfonamides is 1. The first kappa shape index (κ1) is 16.1. The second-order valence-corrected chi connectivity index (χ2v) is 7.04. The highest BCUT2D eigenvalue weighted by molar-refractivity contribution is 7.89. The number of rotatable bonds is 4. The molecular weight excluding hydrogens is 302 g/mol. The highest BCUT2D eigenvalue weighted by atomic mass is 32.2. The van der Waals surface area contributed by atoms with Crippen LogP contribution in [0.3, 0.4) is 0 Å². The highest BCUT2D eigenvalue weighted by Crippen LogP contribution is 2.31. The number of nitrogens with one attached hydrogen (secondary N) is 1. The maximum atomic E-state index is 13.8. The van der Waals surface area contributed by atoms with Gasteiger partial charge in [-0.2, -0.15) is 0 Å². The normalized spacial score (nSPS) is 18.6. The van der Waals surface area contributed by atoms with Crippen LogP contribution in [0.4, 0.5) is 14.5 Å². The SMILES string of the molecule is Nc1cc(F)c(S(=O)(=O)NC2(CO)CCCCC2)c(F)c1. The van der Waals surface area contributed by atoms with Gasteiger partial charge in [-0.3, -0.25) is 0 Å². The summed E-state index contributed by atoms with van der Waals surface area (Å²) >= 11 is 0. The predicted octanol–water partition coefficient (Wildman–Crippen LogP) is 1.52. The van der Waals surface area contributed by atoms with Crippen LogP contribution in [0, 0.1) is 11.6 Å². The van der Waals surface area contributed by atoms with Gasteiger partial charge in [-0.15, -0.1) is 0 Å². The van der Waals surface area contributed by atoms with Gasteiger partial charge in [0.2, 0.25) is 10.0 Å². The van der Waals surface area contributed by atoms with Crippen LogP contribution in [-0.4, -0.2) is 25.7 Å². The Bertz CT molecular complexity index is 605. The summed E-state index contributed by atoms with van der Waals surface area (Å²) in [6, 6.07) is 1.51. The number of hydrogen-bond acceptors (Lipinski definition) is 4. The zero-order valence-electron chi connectivity index (χ0n) is 11.4. The lowest BCUT2D eigenvalue weighted by Crippen LogP contribution is -2.52. The predicted molar refractivity (Wildman–Crippen MR) is 74.0 cm³/mol. The zero-order chi connectivity index (χ0) is 15.7. The number of benzene rings is 1. The molecule has 1 aliphatic carbocycles. The summed E-state index contributed by atoms with van der Waals surface area (Å²) < 4.78 is 54.4. The standard InChI is InChI=1S/C13H18F2N2O3S/c14-10-6-9(16)7-11(15)12(10)21(19,20)17-13(8-18)4-2-1-3-5-13/h6-7,17-18H,1-5,8,16H2. The van der Waals surface area contributed by atoms with E-state index in [9.17, 15) is 22.3 Å². The van der Waals surface area contributed by atoms with E-state index in [1.165, 1.54) is 0 Å². The van der Waals surface area contributed by atoms with Gasteiger partial charge in [0.15, 0.2) is 4.90 Å². The van der Waals surface area contributed by atoms with Crippen LogP contribution in [0.1, 0.15) is 32.1 Å². The van der Waals surface area contributed by atoms with Crippen LogP contribution < -0.4 is 10.5 Å². The molecule has 0 atom stereocenters. The largest absolute Gasteiger partial charge is 0.399 e. The first-order chi connectivity index (χ1) is 9.80. The Labute approximate surface area is 122 Å². The van der Waals surface area contributed by atoms with Gasteiger partial charge in [-0.25, -0.2) is 21.9 Å². The number of halogens is 2. The number of hydrogen-bond donors (Lipinski definition) is 3.